The second-order valence-corrected chi connectivity index (χ2v) is 3.69. The van der Waals surface area contributed by atoms with Gasteiger partial charge in [-0.2, -0.15) is 0 Å². The Labute approximate surface area is 111 Å². The van der Waals surface area contributed by atoms with Crippen LogP contribution in [0.5, 0.6) is 0 Å². The quantitative estimate of drug-likeness (QED) is 0.634. The van der Waals surface area contributed by atoms with Crippen molar-refractivity contribution in [2.45, 2.75) is 25.8 Å². The minimum Gasteiger partial charge on any atom is -0.324 e. The molecule has 0 saturated heterocycles. The van der Waals surface area contributed by atoms with Gasteiger partial charge in [-0.05, 0) is 12.5 Å². The van der Waals surface area contributed by atoms with Gasteiger partial charge in [0.2, 0.25) is 5.91 Å². The Morgan fingerprint density at radius 3 is 2.78 bits per heavy atom. The zero-order valence-electron chi connectivity index (χ0n) is 9.96. The van der Waals surface area contributed by atoms with Crippen LogP contribution in [0.3, 0.4) is 0 Å². The maximum absolute atomic E-state index is 11.6. The summed E-state index contributed by atoms with van der Waals surface area (Å²) in [7, 11) is 0. The number of nitrogens with two attached hydrogens (primary N) is 1. The number of benzene rings is 1. The minimum atomic E-state index is -0.584. The first-order valence-corrected chi connectivity index (χ1v) is 5.35. The molecule has 0 aliphatic heterocycles. The third kappa shape index (κ3) is 4.68. The van der Waals surface area contributed by atoms with Gasteiger partial charge in [-0.1, -0.05) is 19.4 Å². The Morgan fingerprint density at radius 2 is 2.22 bits per heavy atom. The second kappa shape index (κ2) is 7.62. The Morgan fingerprint density at radius 1 is 1.56 bits per heavy atom. The summed E-state index contributed by atoms with van der Waals surface area (Å²) in [5.74, 6) is -0.327. The maximum atomic E-state index is 11.6. The van der Waals surface area contributed by atoms with Crippen molar-refractivity contribution >= 4 is 29.7 Å². The molecular weight excluding hydrogens is 258 g/mol. The number of nitro benzene ring substituents is 1. The molecule has 1 unspecified atom stereocenters. The number of rotatable bonds is 5. The van der Waals surface area contributed by atoms with E-state index in [2.05, 4.69) is 5.32 Å². The number of non-ortho nitro benzene ring substituents is 1. The second-order valence-electron chi connectivity index (χ2n) is 3.69. The van der Waals surface area contributed by atoms with Crippen LogP contribution in [-0.2, 0) is 4.79 Å². The van der Waals surface area contributed by atoms with Crippen molar-refractivity contribution in [1.29, 1.82) is 0 Å². The van der Waals surface area contributed by atoms with Crippen LogP contribution in [0.4, 0.5) is 11.4 Å². The summed E-state index contributed by atoms with van der Waals surface area (Å²) in [5.41, 5.74) is 5.95. The van der Waals surface area contributed by atoms with E-state index in [0.717, 1.165) is 6.42 Å². The Kier molecular flexibility index (Phi) is 6.92. The number of carbonyl (C=O) groups excluding carboxylic acids is 1. The summed E-state index contributed by atoms with van der Waals surface area (Å²) in [6.07, 6.45) is 1.39. The number of anilines is 1. The van der Waals surface area contributed by atoms with Gasteiger partial charge in [0, 0.05) is 17.8 Å². The molecule has 0 aliphatic carbocycles. The van der Waals surface area contributed by atoms with E-state index in [0.29, 0.717) is 12.1 Å². The zero-order chi connectivity index (χ0) is 12.8. The molecule has 0 aromatic heterocycles. The summed E-state index contributed by atoms with van der Waals surface area (Å²) in [6.45, 7) is 1.93. The molecule has 0 radical (unpaired) electrons. The van der Waals surface area contributed by atoms with Crippen LogP contribution in [-0.4, -0.2) is 16.9 Å². The van der Waals surface area contributed by atoms with Gasteiger partial charge >= 0.3 is 0 Å². The number of halogens is 1. The molecule has 0 aliphatic rings. The van der Waals surface area contributed by atoms with Crippen molar-refractivity contribution in [2.75, 3.05) is 5.32 Å². The third-order valence-electron chi connectivity index (χ3n) is 2.26. The Hall–Kier alpha value is -1.66. The van der Waals surface area contributed by atoms with Crippen LogP contribution in [0, 0.1) is 10.1 Å². The molecule has 6 nitrogen and oxygen atoms in total. The highest BCUT2D eigenvalue weighted by Crippen LogP contribution is 2.17. The molecule has 3 N–H and O–H groups in total. The fourth-order valence-electron chi connectivity index (χ4n) is 1.37. The van der Waals surface area contributed by atoms with Crippen LogP contribution in [0.1, 0.15) is 19.8 Å². The van der Waals surface area contributed by atoms with Crippen LogP contribution in [0.25, 0.3) is 0 Å². The molecule has 1 atom stereocenters. The van der Waals surface area contributed by atoms with Gasteiger partial charge in [0.1, 0.15) is 0 Å². The highest BCUT2D eigenvalue weighted by molar-refractivity contribution is 5.94. The van der Waals surface area contributed by atoms with Gasteiger partial charge in [-0.25, -0.2) is 0 Å². The van der Waals surface area contributed by atoms with Crippen molar-refractivity contribution < 1.29 is 9.72 Å². The van der Waals surface area contributed by atoms with Crippen molar-refractivity contribution in [3.8, 4) is 0 Å². The molecule has 1 rings (SSSR count). The average Bonchev–Trinajstić information content (AvgIpc) is 2.29. The number of nitro groups is 1. The predicted octanol–water partition coefficient (Wildman–Crippen LogP) is 2.08. The summed E-state index contributed by atoms with van der Waals surface area (Å²) in [4.78, 5) is 21.6. The van der Waals surface area contributed by atoms with E-state index in [1.54, 1.807) is 6.07 Å². The fraction of sp³-hybridized carbons (Fsp3) is 0.364. The molecule has 0 bridgehead atoms. The first-order valence-electron chi connectivity index (χ1n) is 5.35. The lowest BCUT2D eigenvalue weighted by atomic mass is 10.1. The topological polar surface area (TPSA) is 98.3 Å². The van der Waals surface area contributed by atoms with Crippen molar-refractivity contribution in [3.05, 3.63) is 34.4 Å². The van der Waals surface area contributed by atoms with E-state index in [-0.39, 0.29) is 24.0 Å². The maximum Gasteiger partial charge on any atom is 0.271 e. The largest absolute Gasteiger partial charge is 0.324 e. The first-order chi connectivity index (χ1) is 8.04. The molecule has 1 aromatic rings. The SMILES string of the molecule is CCCC(N)C(=O)Nc1cccc([N+](=O)[O-])c1.Cl. The zero-order valence-corrected chi connectivity index (χ0v) is 10.8. The van der Waals surface area contributed by atoms with Gasteiger partial charge in [-0.3, -0.25) is 14.9 Å². The molecule has 18 heavy (non-hydrogen) atoms. The van der Waals surface area contributed by atoms with Crippen LogP contribution < -0.4 is 11.1 Å². The minimum absolute atomic E-state index is 0. The number of hydrogen-bond donors (Lipinski definition) is 2. The summed E-state index contributed by atoms with van der Waals surface area (Å²) < 4.78 is 0. The smallest absolute Gasteiger partial charge is 0.271 e. The van der Waals surface area contributed by atoms with Crippen LogP contribution >= 0.6 is 12.4 Å². The van der Waals surface area contributed by atoms with Gasteiger partial charge in [0.05, 0.1) is 11.0 Å². The molecule has 1 aromatic carbocycles. The molecule has 0 heterocycles. The molecule has 1 amide bonds. The predicted molar refractivity (Wildman–Crippen MR) is 71.9 cm³/mol. The third-order valence-corrected chi connectivity index (χ3v) is 2.26. The first kappa shape index (κ1) is 16.3. The van der Waals surface area contributed by atoms with E-state index in [1.165, 1.54) is 18.2 Å². The number of nitrogens with one attached hydrogen (secondary N) is 1. The normalized spacial score (nSPS) is 11.2. The summed E-state index contributed by atoms with van der Waals surface area (Å²) in [6, 6.07) is 5.18. The van der Waals surface area contributed by atoms with Crippen molar-refractivity contribution in [2.24, 2.45) is 5.73 Å². The van der Waals surface area contributed by atoms with E-state index < -0.39 is 11.0 Å². The summed E-state index contributed by atoms with van der Waals surface area (Å²) in [5, 5.41) is 13.1. The van der Waals surface area contributed by atoms with Gasteiger partial charge in [0.25, 0.3) is 5.69 Å². The molecule has 0 saturated carbocycles. The number of amides is 1. The van der Waals surface area contributed by atoms with E-state index >= 15 is 0 Å². The standard InChI is InChI=1S/C11H15N3O3.ClH/c1-2-4-10(12)11(15)13-8-5-3-6-9(7-8)14(16)17;/h3,5-7,10H,2,4,12H2,1H3,(H,13,15);1H. The van der Waals surface area contributed by atoms with Crippen LogP contribution in [0.15, 0.2) is 24.3 Å². The van der Waals surface area contributed by atoms with E-state index in [1.807, 2.05) is 6.92 Å². The molecule has 7 heteroatoms. The van der Waals surface area contributed by atoms with E-state index in [4.69, 9.17) is 5.73 Å². The number of nitrogens with zero attached hydrogens (tertiary/aromatic N) is 1. The van der Waals surface area contributed by atoms with Crippen LogP contribution in [0.2, 0.25) is 0 Å². The lowest BCUT2D eigenvalue weighted by Gasteiger charge is -2.10. The Balaban J connectivity index is 0.00000289. The Bertz CT molecular complexity index is 426. The molecule has 100 valence electrons. The average molecular weight is 274 g/mol. The fourth-order valence-corrected chi connectivity index (χ4v) is 1.37. The highest BCUT2D eigenvalue weighted by Gasteiger charge is 2.13. The van der Waals surface area contributed by atoms with Gasteiger partial charge < -0.3 is 11.1 Å². The number of hydrogen-bond acceptors (Lipinski definition) is 4. The van der Waals surface area contributed by atoms with Gasteiger partial charge in [0.15, 0.2) is 0 Å². The molecule has 0 fully saturated rings. The summed E-state index contributed by atoms with van der Waals surface area (Å²) >= 11 is 0. The van der Waals surface area contributed by atoms with Gasteiger partial charge in [-0.15, -0.1) is 12.4 Å². The molecule has 0 spiro atoms. The lowest BCUT2D eigenvalue weighted by Crippen LogP contribution is -2.35. The van der Waals surface area contributed by atoms with E-state index in [9.17, 15) is 14.9 Å². The number of carbonyl (C=O) groups is 1. The lowest BCUT2D eigenvalue weighted by molar-refractivity contribution is -0.384. The van der Waals surface area contributed by atoms with Crippen molar-refractivity contribution in [3.63, 3.8) is 0 Å². The van der Waals surface area contributed by atoms with Crippen molar-refractivity contribution in [1.82, 2.24) is 0 Å². The molecular formula is C11H16ClN3O3. The highest BCUT2D eigenvalue weighted by atomic mass is 35.5. The monoisotopic (exact) mass is 273 g/mol.